The van der Waals surface area contributed by atoms with E-state index in [1.165, 1.54) is 22.3 Å². The molecule has 0 aliphatic rings. The average molecular weight is 780 g/mol. The molecule has 0 unspecified atom stereocenters. The van der Waals surface area contributed by atoms with Gasteiger partial charge in [-0.05, 0) is 123 Å². The standard InChI is InChI=1S/C58H37NO2/c1-3-11-38(12-4-1)40-21-28-46(29-22-40)59(47-30-23-41(24-31-47)39-13-5-2-6-14-39)48-32-25-42(26-33-48)43-19-20-44-36-53(58-57(52(44)35-43)51-16-8-10-18-55(51)61-58)45-27-34-50-49-15-7-9-17-54(49)60-56(50)37-45/h1-37H. The molecule has 0 saturated carbocycles. The number of para-hydroxylation sites is 2. The largest absolute Gasteiger partial charge is 0.456 e. The van der Waals surface area contributed by atoms with Crippen molar-refractivity contribution in [3.05, 3.63) is 224 Å². The summed E-state index contributed by atoms with van der Waals surface area (Å²) in [6.45, 7) is 0. The maximum absolute atomic E-state index is 6.72. The van der Waals surface area contributed by atoms with Gasteiger partial charge in [0, 0.05) is 44.2 Å². The zero-order valence-corrected chi connectivity index (χ0v) is 33.1. The van der Waals surface area contributed by atoms with Crippen molar-refractivity contribution >= 4 is 71.7 Å². The van der Waals surface area contributed by atoms with Crippen LogP contribution in [0.5, 0.6) is 0 Å². The van der Waals surface area contributed by atoms with Gasteiger partial charge in [-0.2, -0.15) is 0 Å². The van der Waals surface area contributed by atoms with Crippen LogP contribution in [0.25, 0.3) is 99.2 Å². The summed E-state index contributed by atoms with van der Waals surface area (Å²) >= 11 is 0. The molecule has 0 radical (unpaired) electrons. The Hall–Kier alpha value is -8.14. The van der Waals surface area contributed by atoms with Gasteiger partial charge in [0.25, 0.3) is 0 Å². The van der Waals surface area contributed by atoms with Gasteiger partial charge in [-0.1, -0.05) is 152 Å². The monoisotopic (exact) mass is 779 g/mol. The van der Waals surface area contributed by atoms with Crippen LogP contribution in [0.1, 0.15) is 0 Å². The zero-order valence-electron chi connectivity index (χ0n) is 33.1. The summed E-state index contributed by atoms with van der Waals surface area (Å²) in [5.74, 6) is 0. The summed E-state index contributed by atoms with van der Waals surface area (Å²) in [4.78, 5) is 2.33. The zero-order chi connectivity index (χ0) is 40.3. The first-order chi connectivity index (χ1) is 30.2. The van der Waals surface area contributed by atoms with Crippen molar-refractivity contribution in [2.45, 2.75) is 0 Å². The quantitative estimate of drug-likeness (QED) is 0.161. The Balaban J connectivity index is 0.945. The number of benzene rings is 10. The van der Waals surface area contributed by atoms with Gasteiger partial charge in [0.2, 0.25) is 0 Å². The molecular formula is C58H37NO2. The van der Waals surface area contributed by atoms with Gasteiger partial charge >= 0.3 is 0 Å². The van der Waals surface area contributed by atoms with Crippen LogP contribution >= 0.6 is 0 Å². The summed E-state index contributed by atoms with van der Waals surface area (Å²) < 4.78 is 13.0. The van der Waals surface area contributed by atoms with Crippen molar-refractivity contribution in [2.24, 2.45) is 0 Å². The fourth-order valence-electron chi connectivity index (χ4n) is 9.03. The second-order valence-electron chi connectivity index (χ2n) is 15.7. The molecule has 3 nitrogen and oxygen atoms in total. The number of hydrogen-bond acceptors (Lipinski definition) is 3. The van der Waals surface area contributed by atoms with Crippen LogP contribution < -0.4 is 4.90 Å². The third kappa shape index (κ3) is 6.06. The van der Waals surface area contributed by atoms with Gasteiger partial charge in [0.1, 0.15) is 22.3 Å². The second kappa shape index (κ2) is 14.3. The van der Waals surface area contributed by atoms with E-state index in [2.05, 4.69) is 211 Å². The topological polar surface area (TPSA) is 29.5 Å². The first-order valence-electron chi connectivity index (χ1n) is 20.7. The van der Waals surface area contributed by atoms with E-state index in [0.29, 0.717) is 0 Å². The number of hydrogen-bond donors (Lipinski definition) is 0. The Labute approximate surface area is 353 Å². The van der Waals surface area contributed by atoms with Crippen LogP contribution in [-0.4, -0.2) is 0 Å². The Morgan fingerprint density at radius 2 is 0.738 bits per heavy atom. The molecule has 3 heteroatoms. The smallest absolute Gasteiger partial charge is 0.143 e. The fraction of sp³-hybridized carbons (Fsp3) is 0. The van der Waals surface area contributed by atoms with Crippen molar-refractivity contribution in [3.63, 3.8) is 0 Å². The average Bonchev–Trinajstić information content (AvgIpc) is 3.91. The highest BCUT2D eigenvalue weighted by Gasteiger charge is 2.19. The summed E-state index contributed by atoms with van der Waals surface area (Å²) in [6.07, 6.45) is 0. The molecule has 2 heterocycles. The van der Waals surface area contributed by atoms with Gasteiger partial charge in [-0.15, -0.1) is 0 Å². The first kappa shape index (κ1) is 34.9. The molecular weight excluding hydrogens is 743 g/mol. The van der Waals surface area contributed by atoms with E-state index < -0.39 is 0 Å². The maximum atomic E-state index is 6.72. The molecule has 0 aliphatic carbocycles. The van der Waals surface area contributed by atoms with Gasteiger partial charge in [-0.25, -0.2) is 0 Å². The Bertz CT molecular complexity index is 3460. The van der Waals surface area contributed by atoms with Crippen LogP contribution in [0.15, 0.2) is 233 Å². The Morgan fingerprint density at radius 3 is 1.34 bits per heavy atom. The lowest BCUT2D eigenvalue weighted by Gasteiger charge is -2.26. The fourth-order valence-corrected chi connectivity index (χ4v) is 9.03. The normalized spacial score (nSPS) is 11.6. The number of anilines is 3. The molecule has 0 saturated heterocycles. The van der Waals surface area contributed by atoms with Crippen LogP contribution in [0.4, 0.5) is 17.1 Å². The third-order valence-corrected chi connectivity index (χ3v) is 12.1. The predicted molar refractivity (Wildman–Crippen MR) is 255 cm³/mol. The van der Waals surface area contributed by atoms with E-state index in [1.807, 2.05) is 18.2 Å². The lowest BCUT2D eigenvalue weighted by atomic mass is 9.93. The number of furan rings is 2. The molecule has 2 aromatic heterocycles. The highest BCUT2D eigenvalue weighted by atomic mass is 16.3. The first-order valence-corrected chi connectivity index (χ1v) is 20.7. The van der Waals surface area contributed by atoms with Gasteiger partial charge in [0.05, 0.1) is 0 Å². The number of fused-ring (bicyclic) bond motifs is 8. The van der Waals surface area contributed by atoms with E-state index in [1.54, 1.807) is 0 Å². The van der Waals surface area contributed by atoms with Crippen molar-refractivity contribution in [1.29, 1.82) is 0 Å². The van der Waals surface area contributed by atoms with Crippen LogP contribution in [-0.2, 0) is 0 Å². The lowest BCUT2D eigenvalue weighted by Crippen LogP contribution is -2.09. The van der Waals surface area contributed by atoms with E-state index in [9.17, 15) is 0 Å². The molecule has 61 heavy (non-hydrogen) atoms. The Morgan fingerprint density at radius 1 is 0.279 bits per heavy atom. The maximum Gasteiger partial charge on any atom is 0.143 e. The minimum Gasteiger partial charge on any atom is -0.456 e. The third-order valence-electron chi connectivity index (χ3n) is 12.1. The van der Waals surface area contributed by atoms with Crippen molar-refractivity contribution in [2.75, 3.05) is 4.90 Å². The van der Waals surface area contributed by atoms with Crippen molar-refractivity contribution in [3.8, 4) is 44.5 Å². The SMILES string of the molecule is c1ccc(-c2ccc(N(c3ccc(-c4ccccc4)cc3)c3ccc(-c4ccc5cc(-c6ccc7c(c6)oc6ccccc67)c6oc7ccccc7c6c5c4)cc3)cc2)cc1. The molecule has 12 rings (SSSR count). The van der Waals surface area contributed by atoms with Gasteiger partial charge in [0.15, 0.2) is 0 Å². The molecule has 0 aliphatic heterocycles. The lowest BCUT2D eigenvalue weighted by molar-refractivity contribution is 0.668. The Kier molecular flexibility index (Phi) is 8.17. The van der Waals surface area contributed by atoms with E-state index in [0.717, 1.165) is 94.0 Å². The highest BCUT2D eigenvalue weighted by Crippen LogP contribution is 2.44. The molecule has 0 atom stereocenters. The summed E-state index contributed by atoms with van der Waals surface area (Å²) in [5, 5.41) is 6.78. The van der Waals surface area contributed by atoms with E-state index in [-0.39, 0.29) is 0 Å². The molecule has 0 N–H and O–H groups in total. The molecule has 0 amide bonds. The van der Waals surface area contributed by atoms with Crippen LogP contribution in [0, 0.1) is 0 Å². The number of rotatable bonds is 7. The van der Waals surface area contributed by atoms with Crippen molar-refractivity contribution in [1.82, 2.24) is 0 Å². The minimum atomic E-state index is 0.869. The minimum absolute atomic E-state index is 0.869. The summed E-state index contributed by atoms with van der Waals surface area (Å²) in [5.41, 5.74) is 16.0. The molecule has 0 bridgehead atoms. The molecule has 12 aromatic rings. The summed E-state index contributed by atoms with van der Waals surface area (Å²) in [6, 6.07) is 79.9. The van der Waals surface area contributed by atoms with Crippen LogP contribution in [0.2, 0.25) is 0 Å². The molecule has 10 aromatic carbocycles. The van der Waals surface area contributed by atoms with Gasteiger partial charge in [-0.3, -0.25) is 0 Å². The van der Waals surface area contributed by atoms with E-state index >= 15 is 0 Å². The molecule has 0 fully saturated rings. The molecule has 0 spiro atoms. The second-order valence-corrected chi connectivity index (χ2v) is 15.7. The van der Waals surface area contributed by atoms with Crippen LogP contribution in [0.3, 0.4) is 0 Å². The molecule has 286 valence electrons. The highest BCUT2D eigenvalue weighted by molar-refractivity contribution is 6.23. The summed E-state index contributed by atoms with van der Waals surface area (Å²) in [7, 11) is 0. The number of nitrogens with zero attached hydrogens (tertiary/aromatic N) is 1. The predicted octanol–water partition coefficient (Wildman–Crippen LogP) is 16.8. The van der Waals surface area contributed by atoms with Gasteiger partial charge < -0.3 is 13.7 Å². The van der Waals surface area contributed by atoms with E-state index in [4.69, 9.17) is 8.83 Å². The van der Waals surface area contributed by atoms with Crippen molar-refractivity contribution < 1.29 is 8.83 Å².